The number of hydrogen-bond donors (Lipinski definition) is 2. The summed E-state index contributed by atoms with van der Waals surface area (Å²) in [4.78, 5) is 0. The molecule has 3 aromatic rings. The van der Waals surface area contributed by atoms with Crippen molar-refractivity contribution < 1.29 is 0 Å². The number of anilines is 1. The molecule has 2 aromatic carbocycles. The molecule has 1 aromatic heterocycles. The number of nitrogens with zero attached hydrogens (tertiary/aromatic N) is 1. The molecule has 21 heavy (non-hydrogen) atoms. The molecule has 0 bridgehead atoms. The normalized spacial score (nSPS) is 12.0. The predicted molar refractivity (Wildman–Crippen MR) is 86.3 cm³/mol. The summed E-state index contributed by atoms with van der Waals surface area (Å²) in [5.41, 5.74) is 4.88. The van der Waals surface area contributed by atoms with Crippen molar-refractivity contribution >= 4 is 5.69 Å². The third kappa shape index (κ3) is 3.31. The Labute approximate surface area is 125 Å². The number of H-pyrrole nitrogens is 1. The number of hydrogen-bond acceptors (Lipinski definition) is 2. The molecule has 0 fully saturated rings. The maximum atomic E-state index is 4.01. The van der Waals surface area contributed by atoms with E-state index >= 15 is 0 Å². The van der Waals surface area contributed by atoms with Crippen LogP contribution in [0.4, 0.5) is 5.69 Å². The van der Waals surface area contributed by atoms with Crippen LogP contribution >= 0.6 is 0 Å². The van der Waals surface area contributed by atoms with Crippen molar-refractivity contribution in [2.75, 3.05) is 5.32 Å². The van der Waals surface area contributed by atoms with E-state index < -0.39 is 0 Å². The van der Waals surface area contributed by atoms with E-state index in [2.05, 4.69) is 71.0 Å². The number of nitrogens with one attached hydrogen (secondary N) is 2. The van der Waals surface area contributed by atoms with Gasteiger partial charge in [0.15, 0.2) is 0 Å². The van der Waals surface area contributed by atoms with Crippen molar-refractivity contribution in [3.05, 3.63) is 83.7 Å². The van der Waals surface area contributed by atoms with Gasteiger partial charge in [0.1, 0.15) is 0 Å². The van der Waals surface area contributed by atoms with Crippen LogP contribution < -0.4 is 5.32 Å². The van der Waals surface area contributed by atoms with E-state index in [9.17, 15) is 0 Å². The lowest BCUT2D eigenvalue weighted by Gasteiger charge is -2.17. The highest BCUT2D eigenvalue weighted by molar-refractivity contribution is 5.53. The Morgan fingerprint density at radius 3 is 2.52 bits per heavy atom. The molecule has 0 spiro atoms. The summed E-state index contributed by atoms with van der Waals surface area (Å²) in [6.45, 7) is 2.13. The van der Waals surface area contributed by atoms with E-state index in [1.165, 1.54) is 16.8 Å². The molecule has 3 heteroatoms. The molecule has 0 aliphatic heterocycles. The van der Waals surface area contributed by atoms with Crippen LogP contribution in [0.1, 0.15) is 29.8 Å². The van der Waals surface area contributed by atoms with E-state index in [4.69, 9.17) is 0 Å². The minimum atomic E-state index is 0.199. The average molecular weight is 277 g/mol. The van der Waals surface area contributed by atoms with Gasteiger partial charge < -0.3 is 5.32 Å². The smallest absolute Gasteiger partial charge is 0.0651 e. The molecule has 3 rings (SSSR count). The van der Waals surface area contributed by atoms with Crippen molar-refractivity contribution in [1.82, 2.24) is 10.2 Å². The van der Waals surface area contributed by atoms with Crippen LogP contribution in [-0.4, -0.2) is 10.2 Å². The Bertz CT molecular complexity index is 675. The van der Waals surface area contributed by atoms with Crippen LogP contribution in [-0.2, 0) is 6.42 Å². The number of para-hydroxylation sites is 1. The zero-order valence-electron chi connectivity index (χ0n) is 12.1. The number of aromatic nitrogens is 2. The van der Waals surface area contributed by atoms with Crippen molar-refractivity contribution in [2.45, 2.75) is 19.4 Å². The fourth-order valence-electron chi connectivity index (χ4n) is 2.45. The summed E-state index contributed by atoms with van der Waals surface area (Å²) in [6, 6.07) is 21.2. The number of rotatable bonds is 5. The fourth-order valence-corrected chi connectivity index (χ4v) is 2.45. The van der Waals surface area contributed by atoms with Crippen molar-refractivity contribution in [2.24, 2.45) is 0 Å². The maximum absolute atomic E-state index is 4.01. The Morgan fingerprint density at radius 1 is 1.00 bits per heavy atom. The van der Waals surface area contributed by atoms with E-state index in [-0.39, 0.29) is 6.04 Å². The monoisotopic (exact) mass is 277 g/mol. The molecule has 0 saturated heterocycles. The molecule has 0 aliphatic rings. The molecule has 0 aliphatic carbocycles. The second kappa shape index (κ2) is 6.27. The van der Waals surface area contributed by atoms with E-state index in [0.717, 1.165) is 12.1 Å². The van der Waals surface area contributed by atoms with Crippen molar-refractivity contribution in [3.8, 4) is 0 Å². The van der Waals surface area contributed by atoms with Crippen molar-refractivity contribution in [3.63, 3.8) is 0 Å². The highest BCUT2D eigenvalue weighted by Gasteiger charge is 2.09. The van der Waals surface area contributed by atoms with Crippen molar-refractivity contribution in [1.29, 1.82) is 0 Å². The van der Waals surface area contributed by atoms with Gasteiger partial charge in [0.2, 0.25) is 0 Å². The van der Waals surface area contributed by atoms with Gasteiger partial charge in [-0.25, -0.2) is 0 Å². The van der Waals surface area contributed by atoms with E-state index in [1.807, 2.05) is 12.1 Å². The van der Waals surface area contributed by atoms with Crippen LogP contribution in [0.15, 0.2) is 66.9 Å². The first-order valence-corrected chi connectivity index (χ1v) is 7.20. The van der Waals surface area contributed by atoms with Crippen LogP contribution in [0.5, 0.6) is 0 Å². The summed E-state index contributed by atoms with van der Waals surface area (Å²) in [7, 11) is 0. The van der Waals surface area contributed by atoms with Gasteiger partial charge in [0.25, 0.3) is 0 Å². The third-order valence-corrected chi connectivity index (χ3v) is 3.62. The second-order valence-electron chi connectivity index (χ2n) is 5.20. The van der Waals surface area contributed by atoms with Crippen LogP contribution in [0.2, 0.25) is 0 Å². The maximum Gasteiger partial charge on any atom is 0.0651 e. The molecule has 3 nitrogen and oxygen atoms in total. The molecule has 1 unspecified atom stereocenters. The topological polar surface area (TPSA) is 40.7 Å². The predicted octanol–water partition coefficient (Wildman–Crippen LogP) is 4.17. The zero-order chi connectivity index (χ0) is 14.5. The molecule has 0 saturated carbocycles. The summed E-state index contributed by atoms with van der Waals surface area (Å²) in [5.74, 6) is 0. The van der Waals surface area contributed by atoms with Gasteiger partial charge in [0.05, 0.1) is 11.7 Å². The Hall–Kier alpha value is -2.55. The van der Waals surface area contributed by atoms with Gasteiger partial charge in [-0.15, -0.1) is 0 Å². The molecule has 2 N–H and O–H groups in total. The van der Waals surface area contributed by atoms with Gasteiger partial charge in [-0.3, -0.25) is 5.10 Å². The molecule has 1 atom stereocenters. The SMILES string of the molecule is CC(Nc1ccccc1Cc1ccccc1)c1ccn[nH]1. The van der Waals surface area contributed by atoms with Crippen LogP contribution in [0.3, 0.4) is 0 Å². The number of aromatic amines is 1. The second-order valence-corrected chi connectivity index (χ2v) is 5.20. The van der Waals surface area contributed by atoms with E-state index in [1.54, 1.807) is 6.20 Å². The zero-order valence-corrected chi connectivity index (χ0v) is 12.1. The Morgan fingerprint density at radius 2 is 1.76 bits per heavy atom. The van der Waals surface area contributed by atoms with Crippen LogP contribution in [0, 0.1) is 0 Å². The van der Waals surface area contributed by atoms with Gasteiger partial charge in [0, 0.05) is 11.9 Å². The summed E-state index contributed by atoms with van der Waals surface area (Å²) in [6.07, 6.45) is 2.71. The first-order valence-electron chi connectivity index (χ1n) is 7.20. The molecular weight excluding hydrogens is 258 g/mol. The van der Waals surface area contributed by atoms with Gasteiger partial charge in [-0.2, -0.15) is 5.10 Å². The minimum absolute atomic E-state index is 0.199. The fraction of sp³-hybridized carbons (Fsp3) is 0.167. The molecular formula is C18H19N3. The highest BCUT2D eigenvalue weighted by Crippen LogP contribution is 2.23. The minimum Gasteiger partial charge on any atom is -0.377 e. The first kappa shape index (κ1) is 13.4. The highest BCUT2D eigenvalue weighted by atomic mass is 15.1. The number of benzene rings is 2. The average Bonchev–Trinajstić information content (AvgIpc) is 3.05. The summed E-state index contributed by atoms with van der Waals surface area (Å²) >= 11 is 0. The first-order chi connectivity index (χ1) is 10.3. The lowest BCUT2D eigenvalue weighted by molar-refractivity contribution is 0.823. The molecule has 106 valence electrons. The quantitative estimate of drug-likeness (QED) is 0.734. The van der Waals surface area contributed by atoms with Gasteiger partial charge in [-0.1, -0.05) is 48.5 Å². The lowest BCUT2D eigenvalue weighted by Crippen LogP contribution is -2.09. The van der Waals surface area contributed by atoms with Gasteiger partial charge >= 0.3 is 0 Å². The standard InChI is InChI=1S/C18H19N3/c1-14(17-11-12-19-21-17)20-18-10-6-5-9-16(18)13-15-7-3-2-4-8-15/h2-12,14,20H,13H2,1H3,(H,19,21). The Balaban J connectivity index is 1.79. The molecule has 0 amide bonds. The van der Waals surface area contributed by atoms with Crippen LogP contribution in [0.25, 0.3) is 0 Å². The molecule has 0 radical (unpaired) electrons. The largest absolute Gasteiger partial charge is 0.377 e. The third-order valence-electron chi connectivity index (χ3n) is 3.62. The summed E-state index contributed by atoms with van der Waals surface area (Å²) < 4.78 is 0. The lowest BCUT2D eigenvalue weighted by atomic mass is 10.0. The van der Waals surface area contributed by atoms with E-state index in [0.29, 0.717) is 0 Å². The molecule has 1 heterocycles. The van der Waals surface area contributed by atoms with Gasteiger partial charge in [-0.05, 0) is 36.6 Å². The Kier molecular flexibility index (Phi) is 4.01. The summed E-state index contributed by atoms with van der Waals surface area (Å²) in [5, 5.41) is 10.6.